The van der Waals surface area contributed by atoms with E-state index >= 15 is 0 Å². The first kappa shape index (κ1) is 16.3. The second-order valence-corrected chi connectivity index (χ2v) is 5.51. The van der Waals surface area contributed by atoms with Gasteiger partial charge in [0, 0.05) is 0 Å². The van der Waals surface area contributed by atoms with Gasteiger partial charge in [0.25, 0.3) is 0 Å². The van der Waals surface area contributed by atoms with Gasteiger partial charge >= 0.3 is 6.18 Å². The molecule has 0 aliphatic carbocycles. The molecule has 3 aromatic rings. The van der Waals surface area contributed by atoms with Gasteiger partial charge in [0.05, 0.1) is 5.56 Å². The molecule has 0 fully saturated rings. The highest BCUT2D eigenvalue weighted by atomic mass is 19.4. The van der Waals surface area contributed by atoms with E-state index in [0.717, 1.165) is 23.3 Å². The zero-order valence-electron chi connectivity index (χ0n) is 12.7. The third-order valence-corrected chi connectivity index (χ3v) is 3.86. The molecule has 1 nitrogen and oxygen atoms in total. The summed E-state index contributed by atoms with van der Waals surface area (Å²) in [5, 5.41) is 10.4. The molecule has 0 saturated carbocycles. The van der Waals surface area contributed by atoms with E-state index in [9.17, 15) is 18.3 Å². The predicted octanol–water partition coefficient (Wildman–Crippen LogP) is 5.45. The third kappa shape index (κ3) is 3.49. The van der Waals surface area contributed by atoms with Crippen LogP contribution in [0.4, 0.5) is 13.2 Å². The fraction of sp³-hybridized carbons (Fsp3) is 0.100. The number of hydrogen-bond acceptors (Lipinski definition) is 1. The van der Waals surface area contributed by atoms with Crippen LogP contribution in [0.25, 0.3) is 11.1 Å². The van der Waals surface area contributed by atoms with Crippen LogP contribution in [-0.4, -0.2) is 5.11 Å². The van der Waals surface area contributed by atoms with Gasteiger partial charge in [-0.05, 0) is 34.4 Å². The fourth-order valence-electron chi connectivity index (χ4n) is 2.57. The maximum atomic E-state index is 12.8. The van der Waals surface area contributed by atoms with E-state index in [1.165, 1.54) is 12.1 Å². The van der Waals surface area contributed by atoms with Gasteiger partial charge < -0.3 is 5.11 Å². The number of halogens is 3. The first-order valence-electron chi connectivity index (χ1n) is 7.46. The normalized spacial score (nSPS) is 12.8. The van der Waals surface area contributed by atoms with E-state index in [4.69, 9.17) is 0 Å². The number of rotatable bonds is 3. The van der Waals surface area contributed by atoms with Crippen LogP contribution in [0.5, 0.6) is 0 Å². The van der Waals surface area contributed by atoms with Crippen molar-refractivity contribution in [2.75, 3.05) is 0 Å². The van der Waals surface area contributed by atoms with Gasteiger partial charge in [-0.15, -0.1) is 0 Å². The molecule has 0 aliphatic heterocycles. The van der Waals surface area contributed by atoms with E-state index in [1.807, 2.05) is 42.5 Å². The number of aliphatic hydroxyl groups excluding tert-OH is 1. The van der Waals surface area contributed by atoms with Crippen LogP contribution in [-0.2, 0) is 6.18 Å². The lowest BCUT2D eigenvalue weighted by Gasteiger charge is -2.14. The highest BCUT2D eigenvalue weighted by molar-refractivity contribution is 5.63. The largest absolute Gasteiger partial charge is 0.416 e. The molecule has 0 aliphatic rings. The molecule has 0 saturated heterocycles. The number of alkyl halides is 3. The quantitative estimate of drug-likeness (QED) is 0.677. The summed E-state index contributed by atoms with van der Waals surface area (Å²) in [6.07, 6.45) is -5.52. The fourth-order valence-corrected chi connectivity index (χ4v) is 2.57. The molecule has 0 aromatic heterocycles. The minimum Gasteiger partial charge on any atom is -0.384 e. The SMILES string of the molecule is OC(c1ccc(-c2ccccc2)cc1)c1cccc(C(F)(F)F)c1. The van der Waals surface area contributed by atoms with Crippen LogP contribution in [0.15, 0.2) is 78.9 Å². The molecule has 3 rings (SSSR count). The Morgan fingerprint density at radius 3 is 1.92 bits per heavy atom. The molecule has 24 heavy (non-hydrogen) atoms. The molecule has 0 radical (unpaired) electrons. The van der Waals surface area contributed by atoms with Crippen LogP contribution < -0.4 is 0 Å². The minimum absolute atomic E-state index is 0.220. The number of aliphatic hydroxyl groups is 1. The second-order valence-electron chi connectivity index (χ2n) is 5.51. The molecular formula is C20H15F3O. The van der Waals surface area contributed by atoms with E-state index in [2.05, 4.69) is 0 Å². The van der Waals surface area contributed by atoms with E-state index in [1.54, 1.807) is 12.1 Å². The molecule has 4 heteroatoms. The summed E-state index contributed by atoms with van der Waals surface area (Å²) in [6.45, 7) is 0. The number of hydrogen-bond donors (Lipinski definition) is 1. The van der Waals surface area contributed by atoms with E-state index in [0.29, 0.717) is 5.56 Å². The van der Waals surface area contributed by atoms with Gasteiger partial charge in [0.15, 0.2) is 0 Å². The van der Waals surface area contributed by atoms with Crippen LogP contribution in [0.1, 0.15) is 22.8 Å². The second kappa shape index (κ2) is 6.49. The molecular weight excluding hydrogens is 313 g/mol. The van der Waals surface area contributed by atoms with Crippen molar-refractivity contribution >= 4 is 0 Å². The Labute approximate surface area is 138 Å². The van der Waals surface area contributed by atoms with Gasteiger partial charge in [-0.2, -0.15) is 13.2 Å². The molecule has 0 spiro atoms. The average Bonchev–Trinajstić information content (AvgIpc) is 2.61. The Kier molecular flexibility index (Phi) is 4.40. The minimum atomic E-state index is -4.42. The van der Waals surface area contributed by atoms with Crippen molar-refractivity contribution in [1.29, 1.82) is 0 Å². The van der Waals surface area contributed by atoms with Crippen LogP contribution >= 0.6 is 0 Å². The molecule has 0 heterocycles. The summed E-state index contributed by atoms with van der Waals surface area (Å²) < 4.78 is 38.4. The van der Waals surface area contributed by atoms with Crippen molar-refractivity contribution in [3.8, 4) is 11.1 Å². The summed E-state index contributed by atoms with van der Waals surface area (Å²) in [7, 11) is 0. The summed E-state index contributed by atoms with van der Waals surface area (Å²) in [6, 6.07) is 21.7. The Balaban J connectivity index is 1.87. The van der Waals surface area contributed by atoms with Gasteiger partial charge in [-0.1, -0.05) is 66.7 Å². The summed E-state index contributed by atoms with van der Waals surface area (Å²) in [5.41, 5.74) is 2.03. The first-order valence-corrected chi connectivity index (χ1v) is 7.46. The highest BCUT2D eigenvalue weighted by Crippen LogP contribution is 2.32. The van der Waals surface area contributed by atoms with Gasteiger partial charge in [-0.3, -0.25) is 0 Å². The van der Waals surface area contributed by atoms with Crippen LogP contribution in [0.3, 0.4) is 0 Å². The standard InChI is InChI=1S/C20H15F3O/c21-20(22,23)18-8-4-7-17(13-18)19(24)16-11-9-15(10-12-16)14-5-2-1-3-6-14/h1-13,19,24H. The molecule has 0 bridgehead atoms. The molecule has 1 atom stereocenters. The Hall–Kier alpha value is -2.59. The summed E-state index contributed by atoms with van der Waals surface area (Å²) in [4.78, 5) is 0. The van der Waals surface area contributed by atoms with Gasteiger partial charge in [-0.25, -0.2) is 0 Å². The van der Waals surface area contributed by atoms with Crippen molar-refractivity contribution in [3.05, 3.63) is 95.6 Å². The van der Waals surface area contributed by atoms with Crippen LogP contribution in [0, 0.1) is 0 Å². The lowest BCUT2D eigenvalue weighted by Crippen LogP contribution is -2.07. The maximum absolute atomic E-state index is 12.8. The van der Waals surface area contributed by atoms with E-state index in [-0.39, 0.29) is 5.56 Å². The lowest BCUT2D eigenvalue weighted by molar-refractivity contribution is -0.137. The zero-order chi connectivity index (χ0) is 17.2. The highest BCUT2D eigenvalue weighted by Gasteiger charge is 2.30. The van der Waals surface area contributed by atoms with Gasteiger partial charge in [0.2, 0.25) is 0 Å². The van der Waals surface area contributed by atoms with E-state index < -0.39 is 17.8 Å². The number of benzene rings is 3. The Bertz CT molecular complexity index is 808. The molecule has 3 aromatic carbocycles. The smallest absolute Gasteiger partial charge is 0.384 e. The monoisotopic (exact) mass is 328 g/mol. The molecule has 122 valence electrons. The average molecular weight is 328 g/mol. The lowest BCUT2D eigenvalue weighted by atomic mass is 9.97. The Morgan fingerprint density at radius 1 is 0.667 bits per heavy atom. The van der Waals surface area contributed by atoms with Crippen molar-refractivity contribution in [2.45, 2.75) is 12.3 Å². The maximum Gasteiger partial charge on any atom is 0.416 e. The zero-order valence-corrected chi connectivity index (χ0v) is 12.7. The predicted molar refractivity (Wildman–Crippen MR) is 87.4 cm³/mol. The van der Waals surface area contributed by atoms with Crippen LogP contribution in [0.2, 0.25) is 0 Å². The molecule has 0 amide bonds. The van der Waals surface area contributed by atoms with Crippen molar-refractivity contribution < 1.29 is 18.3 Å². The summed E-state index contributed by atoms with van der Waals surface area (Å²) >= 11 is 0. The topological polar surface area (TPSA) is 20.2 Å². The van der Waals surface area contributed by atoms with Crippen molar-refractivity contribution in [1.82, 2.24) is 0 Å². The molecule has 1 N–H and O–H groups in total. The van der Waals surface area contributed by atoms with Crippen molar-refractivity contribution in [2.24, 2.45) is 0 Å². The summed E-state index contributed by atoms with van der Waals surface area (Å²) in [5.74, 6) is 0. The molecule has 1 unspecified atom stereocenters. The third-order valence-electron chi connectivity index (χ3n) is 3.86. The first-order chi connectivity index (χ1) is 11.4. The van der Waals surface area contributed by atoms with Gasteiger partial charge in [0.1, 0.15) is 6.10 Å². The Morgan fingerprint density at radius 2 is 1.29 bits per heavy atom. The van der Waals surface area contributed by atoms with Crippen molar-refractivity contribution in [3.63, 3.8) is 0 Å².